The van der Waals surface area contributed by atoms with E-state index in [1.807, 2.05) is 27.7 Å². The van der Waals surface area contributed by atoms with Gasteiger partial charge in [-0.1, -0.05) is 0 Å². The maximum absolute atomic E-state index is 12.1. The first-order valence-corrected chi connectivity index (χ1v) is 6.78. The van der Waals surface area contributed by atoms with Gasteiger partial charge in [0.15, 0.2) is 0 Å². The van der Waals surface area contributed by atoms with Gasteiger partial charge in [-0.2, -0.15) is 17.7 Å². The molecule has 0 aromatic heterocycles. The number of hydroxylamine groups is 2. The maximum atomic E-state index is 12.1. The highest BCUT2D eigenvalue weighted by atomic mass is 32.1. The van der Waals surface area contributed by atoms with Crippen molar-refractivity contribution in [2.24, 2.45) is 0 Å². The van der Waals surface area contributed by atoms with Crippen LogP contribution in [0.1, 0.15) is 40.5 Å². The molecule has 2 aliphatic heterocycles. The average molecular weight is 274 g/mol. The molecular formula is C12H22N2O3S. The number of nitrogens with zero attached hydrogens (tertiary/aromatic N) is 2. The molecule has 0 aliphatic carbocycles. The normalized spacial score (nSPS) is 39.6. The smallest absolute Gasteiger partial charge is 0.237 e. The molecule has 0 bridgehead atoms. The predicted molar refractivity (Wildman–Crippen MR) is 70.4 cm³/mol. The van der Waals surface area contributed by atoms with Gasteiger partial charge in [0.25, 0.3) is 0 Å². The molecule has 2 fully saturated rings. The minimum Gasteiger partial charge on any atom is -0.373 e. The second-order valence-corrected chi connectivity index (χ2v) is 7.10. The van der Waals surface area contributed by atoms with E-state index in [0.717, 1.165) is 0 Å². The van der Waals surface area contributed by atoms with Gasteiger partial charge >= 0.3 is 0 Å². The van der Waals surface area contributed by atoms with Gasteiger partial charge in [-0.25, -0.2) is 0 Å². The number of aliphatic hydroxyl groups excluding tert-OH is 1. The zero-order valence-corrected chi connectivity index (χ0v) is 12.2. The van der Waals surface area contributed by atoms with Gasteiger partial charge in [-0.05, 0) is 34.1 Å². The Bertz CT molecular complexity index is 372. The molecule has 0 aromatic rings. The summed E-state index contributed by atoms with van der Waals surface area (Å²) >= 11 is 4.19. The van der Waals surface area contributed by atoms with E-state index >= 15 is 0 Å². The number of carbonyl (C=O) groups is 1. The molecule has 3 atom stereocenters. The van der Waals surface area contributed by atoms with Crippen molar-refractivity contribution in [1.82, 2.24) is 9.96 Å². The molecule has 6 heteroatoms. The van der Waals surface area contributed by atoms with Crippen LogP contribution in [0.5, 0.6) is 0 Å². The summed E-state index contributed by atoms with van der Waals surface area (Å²) in [7, 11) is 0. The van der Waals surface area contributed by atoms with Crippen LogP contribution >= 0.6 is 12.6 Å². The van der Waals surface area contributed by atoms with Gasteiger partial charge in [-0.15, -0.1) is 0 Å². The summed E-state index contributed by atoms with van der Waals surface area (Å²) in [5, 5.41) is 21.1. The van der Waals surface area contributed by atoms with E-state index < -0.39 is 22.6 Å². The van der Waals surface area contributed by atoms with Crippen LogP contribution in [0.25, 0.3) is 0 Å². The topological polar surface area (TPSA) is 64.0 Å². The number of aliphatic hydroxyl groups is 1. The average Bonchev–Trinajstić information content (AvgIpc) is 2.56. The van der Waals surface area contributed by atoms with E-state index in [4.69, 9.17) is 0 Å². The Balaban J connectivity index is 2.32. The Morgan fingerprint density at radius 3 is 2.22 bits per heavy atom. The second-order valence-electron chi connectivity index (χ2n) is 6.48. The lowest BCUT2D eigenvalue weighted by Crippen LogP contribution is -2.55. The highest BCUT2D eigenvalue weighted by Gasteiger charge is 2.57. The van der Waals surface area contributed by atoms with E-state index in [-0.39, 0.29) is 11.9 Å². The largest absolute Gasteiger partial charge is 0.373 e. The van der Waals surface area contributed by atoms with Gasteiger partial charge in [0.1, 0.15) is 6.23 Å². The second kappa shape index (κ2) is 4.10. The van der Waals surface area contributed by atoms with Crippen molar-refractivity contribution in [2.75, 3.05) is 0 Å². The summed E-state index contributed by atoms with van der Waals surface area (Å²) in [5.74, 6) is -0.144. The monoisotopic (exact) mass is 274 g/mol. The zero-order valence-electron chi connectivity index (χ0n) is 11.3. The van der Waals surface area contributed by atoms with Crippen LogP contribution in [-0.2, 0) is 4.79 Å². The molecular weight excluding hydrogens is 252 g/mol. The Morgan fingerprint density at radius 2 is 1.89 bits per heavy atom. The molecule has 2 rings (SSSR count). The molecule has 0 spiro atoms. The summed E-state index contributed by atoms with van der Waals surface area (Å²) in [5.41, 5.74) is -0.999. The molecule has 2 aliphatic rings. The van der Waals surface area contributed by atoms with Crippen molar-refractivity contribution in [3.05, 3.63) is 0 Å². The minimum absolute atomic E-state index is 0.144. The number of thiol groups is 1. The summed E-state index contributed by atoms with van der Waals surface area (Å²) in [6.45, 7) is 7.64. The van der Waals surface area contributed by atoms with Gasteiger partial charge in [-0.3, -0.25) is 4.79 Å². The van der Waals surface area contributed by atoms with Crippen LogP contribution in [0.2, 0.25) is 0 Å². The molecule has 0 saturated carbocycles. The molecule has 2 saturated heterocycles. The number of amides is 1. The van der Waals surface area contributed by atoms with Crippen molar-refractivity contribution in [1.29, 1.82) is 0 Å². The van der Waals surface area contributed by atoms with Gasteiger partial charge in [0.2, 0.25) is 5.91 Å². The van der Waals surface area contributed by atoms with Crippen LogP contribution in [0, 0.1) is 0 Å². The van der Waals surface area contributed by atoms with Crippen LogP contribution < -0.4 is 0 Å². The van der Waals surface area contributed by atoms with Crippen LogP contribution in [0.4, 0.5) is 0 Å². The van der Waals surface area contributed by atoms with Crippen molar-refractivity contribution >= 4 is 18.5 Å². The number of hydrogen-bond donors (Lipinski definition) is 3. The molecule has 0 aromatic carbocycles. The number of hydrogen-bond acceptors (Lipinski definition) is 5. The lowest BCUT2D eigenvalue weighted by molar-refractivity contribution is -0.200. The SMILES string of the molecule is CC1(C)C[C@H](N2C(=O)[C@@H](S)CC2O)C(C)(C)N1O. The number of carbonyl (C=O) groups excluding carboxylic acids is 1. The van der Waals surface area contributed by atoms with Crippen LogP contribution in [0.15, 0.2) is 0 Å². The molecule has 1 amide bonds. The molecule has 0 radical (unpaired) electrons. The van der Waals surface area contributed by atoms with Gasteiger partial charge in [0.05, 0.1) is 16.8 Å². The minimum atomic E-state index is -0.799. The molecule has 2 heterocycles. The summed E-state index contributed by atoms with van der Waals surface area (Å²) in [6, 6.07) is -0.211. The number of rotatable bonds is 1. The molecule has 1 unspecified atom stereocenters. The van der Waals surface area contributed by atoms with E-state index in [2.05, 4.69) is 12.6 Å². The maximum Gasteiger partial charge on any atom is 0.237 e. The fourth-order valence-corrected chi connectivity index (χ4v) is 3.59. The third-order valence-electron chi connectivity index (χ3n) is 4.26. The van der Waals surface area contributed by atoms with Crippen molar-refractivity contribution < 1.29 is 15.1 Å². The lowest BCUT2D eigenvalue weighted by atomic mass is 9.93. The Labute approximate surface area is 113 Å². The lowest BCUT2D eigenvalue weighted by Gasteiger charge is -2.39. The van der Waals surface area contributed by atoms with Crippen molar-refractivity contribution in [3.63, 3.8) is 0 Å². The van der Waals surface area contributed by atoms with Crippen LogP contribution in [0.3, 0.4) is 0 Å². The standard InChI is InChI=1S/C12H22N2O3S/c1-11(2)6-8(12(3,4)14(11)17)13-9(15)5-7(18)10(13)16/h7-9,15,17-18H,5-6H2,1-4H3/t7-,8-,9?/m0/s1. The van der Waals surface area contributed by atoms with Gasteiger partial charge in [0, 0.05) is 12.0 Å². The Hall–Kier alpha value is -0.300. The van der Waals surface area contributed by atoms with E-state index in [1.54, 1.807) is 0 Å². The molecule has 2 N–H and O–H groups in total. The van der Waals surface area contributed by atoms with E-state index in [9.17, 15) is 15.1 Å². The zero-order chi connectivity index (χ0) is 13.9. The predicted octanol–water partition coefficient (Wildman–Crippen LogP) is 0.856. The fourth-order valence-electron chi connectivity index (χ4n) is 3.26. The first-order chi connectivity index (χ1) is 8.09. The van der Waals surface area contributed by atoms with E-state index in [0.29, 0.717) is 12.8 Å². The molecule has 5 nitrogen and oxygen atoms in total. The van der Waals surface area contributed by atoms with Crippen molar-refractivity contribution in [2.45, 2.75) is 69.1 Å². The molecule has 104 valence electrons. The number of likely N-dealkylation sites (tertiary alicyclic amines) is 1. The van der Waals surface area contributed by atoms with Crippen molar-refractivity contribution in [3.8, 4) is 0 Å². The highest BCUT2D eigenvalue weighted by Crippen LogP contribution is 2.44. The first kappa shape index (κ1) is 14.1. The summed E-state index contributed by atoms with van der Waals surface area (Å²) in [4.78, 5) is 13.6. The summed E-state index contributed by atoms with van der Waals surface area (Å²) in [6.07, 6.45) is 0.173. The van der Waals surface area contributed by atoms with E-state index in [1.165, 1.54) is 9.96 Å². The Kier molecular flexibility index (Phi) is 3.21. The fraction of sp³-hybridized carbons (Fsp3) is 0.917. The summed E-state index contributed by atoms with van der Waals surface area (Å²) < 4.78 is 0. The Morgan fingerprint density at radius 1 is 1.33 bits per heavy atom. The third-order valence-corrected chi connectivity index (χ3v) is 4.69. The third kappa shape index (κ3) is 1.86. The quantitative estimate of drug-likeness (QED) is 0.621. The first-order valence-electron chi connectivity index (χ1n) is 6.26. The van der Waals surface area contributed by atoms with Gasteiger partial charge < -0.3 is 15.2 Å². The van der Waals surface area contributed by atoms with Crippen LogP contribution in [-0.4, -0.2) is 54.8 Å². The molecule has 18 heavy (non-hydrogen) atoms. The highest BCUT2D eigenvalue weighted by molar-refractivity contribution is 7.81.